The van der Waals surface area contributed by atoms with Gasteiger partial charge >= 0.3 is 5.97 Å². The summed E-state index contributed by atoms with van der Waals surface area (Å²) in [6.45, 7) is 0.576. The van der Waals surface area contributed by atoms with Crippen LogP contribution in [0.15, 0.2) is 30.5 Å². The van der Waals surface area contributed by atoms with Gasteiger partial charge in [-0.25, -0.2) is 13.9 Å². The van der Waals surface area contributed by atoms with Crippen LogP contribution in [0, 0.1) is 5.82 Å². The lowest BCUT2D eigenvalue weighted by atomic mass is 10.1. The first-order valence-corrected chi connectivity index (χ1v) is 6.36. The Bertz CT molecular complexity index is 648. The molecule has 0 bridgehead atoms. The second kappa shape index (κ2) is 5.05. The number of carboxylic acids is 1. The molecule has 1 unspecified atom stereocenters. The molecule has 0 aliphatic carbocycles. The molecule has 0 saturated carbocycles. The summed E-state index contributed by atoms with van der Waals surface area (Å²) >= 11 is 0. The van der Waals surface area contributed by atoms with Crippen LogP contribution < -0.4 is 0 Å². The van der Waals surface area contributed by atoms with Crippen molar-refractivity contribution in [2.45, 2.75) is 18.9 Å². The summed E-state index contributed by atoms with van der Waals surface area (Å²) in [6.07, 6.45) is 2.45. The Hall–Kier alpha value is -2.21. The van der Waals surface area contributed by atoms with E-state index in [9.17, 15) is 14.3 Å². The zero-order valence-corrected chi connectivity index (χ0v) is 10.6. The Labute approximate surface area is 114 Å². The van der Waals surface area contributed by atoms with Crippen molar-refractivity contribution in [3.05, 3.63) is 47.5 Å². The third-order valence-corrected chi connectivity index (χ3v) is 3.35. The summed E-state index contributed by atoms with van der Waals surface area (Å²) in [5.74, 6) is -1.54. The maximum Gasteiger partial charge on any atom is 0.339 e. The minimum atomic E-state index is -1.09. The summed E-state index contributed by atoms with van der Waals surface area (Å²) in [6, 6.07) is 6.13. The normalized spacial score (nSPS) is 18.4. The topological polar surface area (TPSA) is 64.3 Å². The van der Waals surface area contributed by atoms with Crippen LogP contribution in [0.4, 0.5) is 4.39 Å². The average Bonchev–Trinajstić information content (AvgIpc) is 3.07. The van der Waals surface area contributed by atoms with Gasteiger partial charge in [0.15, 0.2) is 0 Å². The van der Waals surface area contributed by atoms with Gasteiger partial charge in [-0.2, -0.15) is 5.10 Å². The number of ether oxygens (including phenoxy) is 1. The summed E-state index contributed by atoms with van der Waals surface area (Å²) in [7, 11) is 0. The van der Waals surface area contributed by atoms with E-state index in [4.69, 9.17) is 4.74 Å². The summed E-state index contributed by atoms with van der Waals surface area (Å²) in [5, 5.41) is 13.3. The van der Waals surface area contributed by atoms with E-state index < -0.39 is 11.8 Å². The number of rotatable bonds is 3. The quantitative estimate of drug-likeness (QED) is 0.935. The Morgan fingerprint density at radius 1 is 1.45 bits per heavy atom. The highest BCUT2D eigenvalue weighted by atomic mass is 19.1. The molecule has 1 aliphatic rings. The van der Waals surface area contributed by atoms with Gasteiger partial charge in [0.25, 0.3) is 0 Å². The fourth-order valence-corrected chi connectivity index (χ4v) is 2.44. The van der Waals surface area contributed by atoms with E-state index >= 15 is 0 Å². The number of para-hydroxylation sites is 1. The van der Waals surface area contributed by atoms with Crippen molar-refractivity contribution in [1.82, 2.24) is 9.78 Å². The van der Waals surface area contributed by atoms with Gasteiger partial charge in [0.05, 0.1) is 11.9 Å². The van der Waals surface area contributed by atoms with Crippen LogP contribution in [0.2, 0.25) is 0 Å². The highest BCUT2D eigenvalue weighted by Gasteiger charge is 2.29. The van der Waals surface area contributed by atoms with Crippen LogP contribution in [0.25, 0.3) is 5.69 Å². The standard InChI is InChI=1S/C14H13FN2O3/c15-10-4-1-2-5-11(10)17-13(12-6-3-7-20-12)9(8-16-17)14(18)19/h1-2,4-5,8,12H,3,6-7H2,(H,18,19). The molecule has 1 fully saturated rings. The lowest BCUT2D eigenvalue weighted by Gasteiger charge is -2.14. The fourth-order valence-electron chi connectivity index (χ4n) is 2.44. The zero-order chi connectivity index (χ0) is 14.1. The first-order valence-electron chi connectivity index (χ1n) is 6.36. The lowest BCUT2D eigenvalue weighted by Crippen LogP contribution is -2.12. The molecule has 2 heterocycles. The van der Waals surface area contributed by atoms with E-state index in [0.29, 0.717) is 18.7 Å². The van der Waals surface area contributed by atoms with Crippen molar-refractivity contribution in [2.24, 2.45) is 0 Å². The maximum absolute atomic E-state index is 13.9. The minimum Gasteiger partial charge on any atom is -0.478 e. The fraction of sp³-hybridized carbons (Fsp3) is 0.286. The summed E-state index contributed by atoms with van der Waals surface area (Å²) in [4.78, 5) is 11.3. The van der Waals surface area contributed by atoms with Gasteiger partial charge in [-0.3, -0.25) is 0 Å². The molecule has 1 saturated heterocycles. The molecule has 1 atom stereocenters. The van der Waals surface area contributed by atoms with E-state index in [2.05, 4.69) is 5.10 Å². The van der Waals surface area contributed by atoms with Gasteiger partial charge in [-0.15, -0.1) is 0 Å². The Balaban J connectivity index is 2.16. The number of halogens is 1. The zero-order valence-electron chi connectivity index (χ0n) is 10.6. The van der Waals surface area contributed by atoms with Crippen molar-refractivity contribution < 1.29 is 19.0 Å². The van der Waals surface area contributed by atoms with Gasteiger partial charge in [-0.1, -0.05) is 12.1 Å². The van der Waals surface area contributed by atoms with Crippen LogP contribution >= 0.6 is 0 Å². The Kier molecular flexibility index (Phi) is 3.23. The molecular formula is C14H13FN2O3. The molecule has 1 N–H and O–H groups in total. The van der Waals surface area contributed by atoms with Gasteiger partial charge < -0.3 is 9.84 Å². The number of carbonyl (C=O) groups is 1. The van der Waals surface area contributed by atoms with Crippen LogP contribution in [-0.2, 0) is 4.74 Å². The lowest BCUT2D eigenvalue weighted by molar-refractivity contribution is 0.0679. The number of hydrogen-bond donors (Lipinski definition) is 1. The predicted molar refractivity (Wildman–Crippen MR) is 68.4 cm³/mol. The molecule has 2 aromatic rings. The van der Waals surface area contributed by atoms with Crippen LogP contribution in [0.1, 0.15) is 35.0 Å². The number of nitrogens with zero attached hydrogens (tertiary/aromatic N) is 2. The third kappa shape index (κ3) is 2.08. The number of carboxylic acid groups (broad SMARTS) is 1. The minimum absolute atomic E-state index is 0.0557. The molecule has 104 valence electrons. The maximum atomic E-state index is 13.9. The van der Waals surface area contributed by atoms with Crippen LogP contribution in [-0.4, -0.2) is 27.5 Å². The van der Waals surface area contributed by atoms with Crippen molar-refractivity contribution >= 4 is 5.97 Å². The summed E-state index contributed by atoms with van der Waals surface area (Å²) < 4.78 is 20.8. The predicted octanol–water partition coefficient (Wildman–Crippen LogP) is 2.56. The molecule has 6 heteroatoms. The van der Waals surface area contributed by atoms with Crippen molar-refractivity contribution in [1.29, 1.82) is 0 Å². The molecule has 0 radical (unpaired) electrons. The summed E-state index contributed by atoms with van der Waals surface area (Å²) in [5.41, 5.74) is 0.686. The van der Waals surface area contributed by atoms with Crippen molar-refractivity contribution in [2.75, 3.05) is 6.61 Å². The molecule has 5 nitrogen and oxygen atoms in total. The SMILES string of the molecule is O=C(O)c1cnn(-c2ccccc2F)c1C1CCCO1. The molecule has 1 aromatic carbocycles. The number of hydrogen-bond acceptors (Lipinski definition) is 3. The van der Waals surface area contributed by atoms with E-state index in [1.807, 2.05) is 0 Å². The van der Waals surface area contributed by atoms with E-state index in [-0.39, 0.29) is 17.4 Å². The van der Waals surface area contributed by atoms with Crippen LogP contribution in [0.3, 0.4) is 0 Å². The first kappa shape index (κ1) is 12.8. The number of benzene rings is 1. The molecule has 3 rings (SSSR count). The average molecular weight is 276 g/mol. The van der Waals surface area contributed by atoms with Crippen molar-refractivity contribution in [3.63, 3.8) is 0 Å². The van der Waals surface area contributed by atoms with Gasteiger partial charge in [0.2, 0.25) is 0 Å². The van der Waals surface area contributed by atoms with Crippen molar-refractivity contribution in [3.8, 4) is 5.69 Å². The van der Waals surface area contributed by atoms with E-state index in [1.54, 1.807) is 18.2 Å². The smallest absolute Gasteiger partial charge is 0.339 e. The van der Waals surface area contributed by atoms with Gasteiger partial charge in [0, 0.05) is 6.61 Å². The largest absolute Gasteiger partial charge is 0.478 e. The second-order valence-corrected chi connectivity index (χ2v) is 4.61. The highest BCUT2D eigenvalue weighted by Crippen LogP contribution is 2.32. The number of aromatic carboxylic acids is 1. The molecule has 0 spiro atoms. The number of aromatic nitrogens is 2. The molecule has 20 heavy (non-hydrogen) atoms. The van der Waals surface area contributed by atoms with Gasteiger partial charge in [0.1, 0.15) is 23.2 Å². The van der Waals surface area contributed by atoms with Gasteiger partial charge in [-0.05, 0) is 25.0 Å². The second-order valence-electron chi connectivity index (χ2n) is 4.61. The third-order valence-electron chi connectivity index (χ3n) is 3.35. The van der Waals surface area contributed by atoms with E-state index in [1.165, 1.54) is 16.9 Å². The molecule has 1 aliphatic heterocycles. The molecule has 1 aromatic heterocycles. The molecule has 0 amide bonds. The first-order chi connectivity index (χ1) is 9.68. The van der Waals surface area contributed by atoms with E-state index in [0.717, 1.165) is 6.42 Å². The monoisotopic (exact) mass is 276 g/mol. The Morgan fingerprint density at radius 3 is 2.90 bits per heavy atom. The Morgan fingerprint density at radius 2 is 2.25 bits per heavy atom. The molecular weight excluding hydrogens is 263 g/mol. The van der Waals surface area contributed by atoms with Crippen LogP contribution in [0.5, 0.6) is 0 Å². The highest BCUT2D eigenvalue weighted by molar-refractivity contribution is 5.89.